The third-order valence-electron chi connectivity index (χ3n) is 2.55. The van der Waals surface area contributed by atoms with Crippen LogP contribution in [0.5, 0.6) is 0 Å². The van der Waals surface area contributed by atoms with Gasteiger partial charge in [0.15, 0.2) is 0 Å². The second-order valence-electron chi connectivity index (χ2n) is 5.04. The van der Waals surface area contributed by atoms with E-state index in [2.05, 4.69) is 26.5 Å². The van der Waals surface area contributed by atoms with Crippen LogP contribution in [0.2, 0.25) is 5.02 Å². The molecule has 0 aliphatic heterocycles. The predicted octanol–water partition coefficient (Wildman–Crippen LogP) is 4.31. The van der Waals surface area contributed by atoms with Gasteiger partial charge in [0, 0.05) is 11.6 Å². The second-order valence-corrected chi connectivity index (χ2v) is 5.48. The van der Waals surface area contributed by atoms with Gasteiger partial charge in [0.1, 0.15) is 0 Å². The van der Waals surface area contributed by atoms with Gasteiger partial charge in [0.2, 0.25) is 0 Å². The van der Waals surface area contributed by atoms with E-state index in [0.717, 1.165) is 16.2 Å². The average Bonchev–Trinajstić information content (AvgIpc) is 2.25. The Hall–Kier alpha value is -1.01. The molecule has 0 amide bonds. The van der Waals surface area contributed by atoms with Gasteiger partial charge in [-0.3, -0.25) is 0 Å². The maximum Gasteiger partial charge on any atom is 0.0474 e. The number of rotatable bonds is 3. The van der Waals surface area contributed by atoms with E-state index in [1.165, 1.54) is 0 Å². The van der Waals surface area contributed by atoms with E-state index in [9.17, 15) is 0 Å². The summed E-state index contributed by atoms with van der Waals surface area (Å²) in [5, 5.41) is 9.78. The van der Waals surface area contributed by atoms with Gasteiger partial charge in [-0.15, -0.1) is 5.73 Å². The van der Waals surface area contributed by atoms with Crippen LogP contribution in [0, 0.1) is 5.41 Å². The molecule has 1 nitrogen and oxygen atoms in total. The van der Waals surface area contributed by atoms with Crippen molar-refractivity contribution in [3.63, 3.8) is 0 Å². The molecule has 1 aromatic carbocycles. The summed E-state index contributed by atoms with van der Waals surface area (Å²) in [7, 11) is 0. The molecule has 0 aromatic heterocycles. The first kappa shape index (κ1) is 14.1. The Labute approximate surface area is 108 Å². The van der Waals surface area contributed by atoms with E-state index >= 15 is 0 Å². The minimum Gasteiger partial charge on any atom is -0.396 e. The van der Waals surface area contributed by atoms with Crippen LogP contribution in [0.15, 0.2) is 35.6 Å². The largest absolute Gasteiger partial charge is 0.396 e. The Bertz CT molecular complexity index is 417. The standard InChI is InChI=1S/C15H19ClO/c1-15(2,3)13(10-11-17)7-4-12-5-8-14(16)9-6-12/h4-6,8-9,17H,10-11H2,1-3H3. The fourth-order valence-corrected chi connectivity index (χ4v) is 1.63. The molecular weight excluding hydrogens is 232 g/mol. The first-order valence-electron chi connectivity index (χ1n) is 5.76. The van der Waals surface area contributed by atoms with Crippen LogP contribution in [-0.4, -0.2) is 11.7 Å². The van der Waals surface area contributed by atoms with Crippen molar-refractivity contribution in [3.05, 3.63) is 46.2 Å². The van der Waals surface area contributed by atoms with Crippen molar-refractivity contribution < 1.29 is 5.11 Å². The lowest BCUT2D eigenvalue weighted by Crippen LogP contribution is -2.09. The summed E-state index contributed by atoms with van der Waals surface area (Å²) < 4.78 is 0. The maximum absolute atomic E-state index is 9.04. The number of aliphatic hydroxyl groups is 1. The fraction of sp³-hybridized carbons (Fsp3) is 0.400. The molecule has 0 heterocycles. The van der Waals surface area contributed by atoms with Gasteiger partial charge in [-0.2, -0.15) is 0 Å². The summed E-state index contributed by atoms with van der Waals surface area (Å²) >= 11 is 5.82. The van der Waals surface area contributed by atoms with Gasteiger partial charge in [-0.25, -0.2) is 0 Å². The zero-order chi connectivity index (χ0) is 12.9. The number of hydrogen-bond donors (Lipinski definition) is 1. The number of hydrogen-bond acceptors (Lipinski definition) is 1. The summed E-state index contributed by atoms with van der Waals surface area (Å²) in [4.78, 5) is 0. The molecule has 1 rings (SSSR count). The van der Waals surface area contributed by atoms with E-state index < -0.39 is 0 Å². The van der Waals surface area contributed by atoms with Crippen molar-refractivity contribution in [2.75, 3.05) is 6.61 Å². The molecule has 1 aromatic rings. The Morgan fingerprint density at radius 3 is 2.35 bits per heavy atom. The highest BCUT2D eigenvalue weighted by Crippen LogP contribution is 2.26. The first-order chi connectivity index (χ1) is 7.93. The molecule has 1 N–H and O–H groups in total. The highest BCUT2D eigenvalue weighted by Gasteiger charge is 2.15. The molecule has 17 heavy (non-hydrogen) atoms. The molecule has 0 spiro atoms. The van der Waals surface area contributed by atoms with E-state index in [1.54, 1.807) is 0 Å². The van der Waals surface area contributed by atoms with Crippen LogP contribution >= 0.6 is 11.6 Å². The smallest absolute Gasteiger partial charge is 0.0474 e. The topological polar surface area (TPSA) is 20.2 Å². The van der Waals surface area contributed by atoms with E-state index in [0.29, 0.717) is 6.42 Å². The van der Waals surface area contributed by atoms with Crippen molar-refractivity contribution in [2.45, 2.75) is 27.2 Å². The zero-order valence-corrected chi connectivity index (χ0v) is 11.4. The van der Waals surface area contributed by atoms with Gasteiger partial charge < -0.3 is 5.11 Å². The number of benzene rings is 1. The molecule has 0 atom stereocenters. The lowest BCUT2D eigenvalue weighted by atomic mass is 9.85. The lowest BCUT2D eigenvalue weighted by molar-refractivity contribution is 0.288. The van der Waals surface area contributed by atoms with Gasteiger partial charge in [-0.1, -0.05) is 44.5 Å². The quantitative estimate of drug-likeness (QED) is 0.793. The van der Waals surface area contributed by atoms with Crippen molar-refractivity contribution >= 4 is 17.7 Å². The van der Waals surface area contributed by atoms with Crippen molar-refractivity contribution in [1.29, 1.82) is 0 Å². The van der Waals surface area contributed by atoms with Gasteiger partial charge in [0.25, 0.3) is 0 Å². The summed E-state index contributed by atoms with van der Waals surface area (Å²) in [5.74, 6) is 0. The minimum atomic E-state index is 0.0334. The molecule has 0 aliphatic carbocycles. The van der Waals surface area contributed by atoms with Crippen LogP contribution in [0.4, 0.5) is 0 Å². The predicted molar refractivity (Wildman–Crippen MR) is 74.1 cm³/mol. The Kier molecular flexibility index (Phi) is 5.02. The first-order valence-corrected chi connectivity index (χ1v) is 6.14. The van der Waals surface area contributed by atoms with Crippen molar-refractivity contribution in [3.8, 4) is 0 Å². The molecule has 0 radical (unpaired) electrons. The molecular formula is C15H19ClO. The van der Waals surface area contributed by atoms with Crippen LogP contribution in [0.1, 0.15) is 32.8 Å². The molecule has 0 bridgehead atoms. The Morgan fingerprint density at radius 2 is 1.88 bits per heavy atom. The molecule has 0 unspecified atom stereocenters. The molecule has 0 saturated heterocycles. The lowest BCUT2D eigenvalue weighted by Gasteiger charge is -2.20. The Balaban J connectivity index is 3.01. The van der Waals surface area contributed by atoms with E-state index in [4.69, 9.17) is 16.7 Å². The van der Waals surface area contributed by atoms with Crippen molar-refractivity contribution in [1.82, 2.24) is 0 Å². The Morgan fingerprint density at radius 1 is 1.29 bits per heavy atom. The molecule has 0 saturated carbocycles. The van der Waals surface area contributed by atoms with E-state index in [1.807, 2.05) is 30.3 Å². The van der Waals surface area contributed by atoms with Gasteiger partial charge >= 0.3 is 0 Å². The van der Waals surface area contributed by atoms with Crippen LogP contribution < -0.4 is 0 Å². The molecule has 0 aliphatic rings. The second kappa shape index (κ2) is 6.07. The third kappa shape index (κ3) is 4.79. The average molecular weight is 251 g/mol. The highest BCUT2D eigenvalue weighted by molar-refractivity contribution is 6.30. The monoisotopic (exact) mass is 250 g/mol. The van der Waals surface area contributed by atoms with Crippen LogP contribution in [-0.2, 0) is 0 Å². The minimum absolute atomic E-state index is 0.0334. The number of aliphatic hydroxyl groups excluding tert-OH is 1. The summed E-state index contributed by atoms with van der Waals surface area (Å²) in [6.07, 6.45) is 2.60. The normalized spacial score (nSPS) is 10.9. The summed E-state index contributed by atoms with van der Waals surface area (Å²) in [6, 6.07) is 7.62. The van der Waals surface area contributed by atoms with Gasteiger partial charge in [-0.05, 0) is 41.2 Å². The molecule has 0 fully saturated rings. The molecule has 92 valence electrons. The summed E-state index contributed by atoms with van der Waals surface area (Å²) in [6.45, 7) is 6.54. The zero-order valence-electron chi connectivity index (χ0n) is 10.6. The highest BCUT2D eigenvalue weighted by atomic mass is 35.5. The maximum atomic E-state index is 9.04. The fourth-order valence-electron chi connectivity index (χ4n) is 1.50. The van der Waals surface area contributed by atoms with Crippen molar-refractivity contribution in [2.24, 2.45) is 5.41 Å². The van der Waals surface area contributed by atoms with Gasteiger partial charge in [0.05, 0.1) is 0 Å². The molecule has 2 heteroatoms. The SMILES string of the molecule is CC(C)(C)C(=C=Cc1ccc(Cl)cc1)CCO. The van der Waals surface area contributed by atoms with Crippen LogP contribution in [0.3, 0.4) is 0 Å². The summed E-state index contributed by atoms with van der Waals surface area (Å²) in [5.41, 5.74) is 5.50. The third-order valence-corrected chi connectivity index (χ3v) is 2.80. The number of halogens is 1. The van der Waals surface area contributed by atoms with Crippen LogP contribution in [0.25, 0.3) is 6.08 Å². The van der Waals surface area contributed by atoms with E-state index in [-0.39, 0.29) is 12.0 Å².